The van der Waals surface area contributed by atoms with E-state index in [0.29, 0.717) is 0 Å². The van der Waals surface area contributed by atoms with Crippen LogP contribution in [0.4, 0.5) is 0 Å². The second-order valence-electron chi connectivity index (χ2n) is 5.29. The van der Waals surface area contributed by atoms with Crippen LogP contribution in [0.2, 0.25) is 0 Å². The van der Waals surface area contributed by atoms with Crippen LogP contribution in [0.15, 0.2) is 12.4 Å². The molecule has 0 bridgehead atoms. The Hall–Kier alpha value is -1.39. The Morgan fingerprint density at radius 2 is 1.94 bits per heavy atom. The summed E-state index contributed by atoms with van der Waals surface area (Å²) in [6.07, 6.45) is 4.29. The zero-order valence-corrected chi connectivity index (χ0v) is 10.1. The Bertz CT molecular complexity index is 366. The molecule has 1 unspecified atom stereocenters. The number of nitrogens with zero attached hydrogens (tertiary/aromatic N) is 4. The molecule has 1 aromatic rings. The summed E-state index contributed by atoms with van der Waals surface area (Å²) in [4.78, 5) is 15.7. The second-order valence-corrected chi connectivity index (χ2v) is 5.29. The molecule has 0 spiro atoms. The summed E-state index contributed by atoms with van der Waals surface area (Å²) in [5.41, 5.74) is -0.299. The second kappa shape index (κ2) is 3.88. The molecule has 1 fully saturated rings. The van der Waals surface area contributed by atoms with Crippen molar-refractivity contribution in [3.05, 3.63) is 12.4 Å². The Kier molecular flexibility index (Phi) is 2.69. The Labute approximate surface area is 95.4 Å². The van der Waals surface area contributed by atoms with Gasteiger partial charge in [-0.1, -0.05) is 20.8 Å². The van der Waals surface area contributed by atoms with Gasteiger partial charge in [-0.15, -0.1) is 0 Å². The highest BCUT2D eigenvalue weighted by atomic mass is 16.2. The normalized spacial score (nSPS) is 21.4. The van der Waals surface area contributed by atoms with Gasteiger partial charge in [-0.2, -0.15) is 15.0 Å². The Morgan fingerprint density at radius 3 is 2.50 bits per heavy atom. The highest BCUT2D eigenvalue weighted by Crippen LogP contribution is 2.25. The zero-order chi connectivity index (χ0) is 11.8. The van der Waals surface area contributed by atoms with Gasteiger partial charge in [0.15, 0.2) is 0 Å². The maximum atomic E-state index is 12.1. The van der Waals surface area contributed by atoms with Crippen molar-refractivity contribution in [3.8, 4) is 0 Å². The van der Waals surface area contributed by atoms with Crippen LogP contribution < -0.4 is 0 Å². The van der Waals surface area contributed by atoms with Gasteiger partial charge in [0.25, 0.3) is 0 Å². The van der Waals surface area contributed by atoms with Crippen LogP contribution in [-0.2, 0) is 4.79 Å². The maximum absolute atomic E-state index is 12.1. The molecule has 0 radical (unpaired) electrons. The molecule has 16 heavy (non-hydrogen) atoms. The Balaban J connectivity index is 2.01. The molecular formula is C11H18N4O. The van der Waals surface area contributed by atoms with E-state index in [4.69, 9.17) is 0 Å². The largest absolute Gasteiger partial charge is 0.340 e. The first kappa shape index (κ1) is 11.1. The van der Waals surface area contributed by atoms with E-state index in [9.17, 15) is 4.79 Å². The molecule has 5 nitrogen and oxygen atoms in total. The molecule has 0 saturated carbocycles. The third-order valence-electron chi connectivity index (χ3n) is 2.86. The minimum absolute atomic E-state index is 0.210. The molecule has 2 rings (SSSR count). The fourth-order valence-corrected chi connectivity index (χ4v) is 2.00. The van der Waals surface area contributed by atoms with Crippen molar-refractivity contribution in [2.75, 3.05) is 13.1 Å². The summed E-state index contributed by atoms with van der Waals surface area (Å²) in [6.45, 7) is 7.39. The van der Waals surface area contributed by atoms with E-state index >= 15 is 0 Å². The topological polar surface area (TPSA) is 51.0 Å². The fourth-order valence-electron chi connectivity index (χ4n) is 2.00. The lowest BCUT2D eigenvalue weighted by molar-refractivity contribution is -0.138. The predicted molar refractivity (Wildman–Crippen MR) is 59.7 cm³/mol. The van der Waals surface area contributed by atoms with Crippen LogP contribution in [0.5, 0.6) is 0 Å². The Morgan fingerprint density at radius 1 is 1.31 bits per heavy atom. The van der Waals surface area contributed by atoms with E-state index in [1.807, 2.05) is 25.7 Å². The number of aromatic nitrogens is 3. The molecule has 2 heterocycles. The molecular weight excluding hydrogens is 204 g/mol. The van der Waals surface area contributed by atoms with Crippen LogP contribution in [-0.4, -0.2) is 38.9 Å². The first-order valence-corrected chi connectivity index (χ1v) is 5.63. The van der Waals surface area contributed by atoms with Gasteiger partial charge in [0.2, 0.25) is 5.91 Å². The van der Waals surface area contributed by atoms with E-state index in [0.717, 1.165) is 19.5 Å². The van der Waals surface area contributed by atoms with Crippen LogP contribution in [0.3, 0.4) is 0 Å². The summed E-state index contributed by atoms with van der Waals surface area (Å²) in [6, 6.07) is 0.237. The third kappa shape index (κ3) is 2.08. The molecule has 1 atom stereocenters. The van der Waals surface area contributed by atoms with Crippen LogP contribution in [0.25, 0.3) is 0 Å². The summed E-state index contributed by atoms with van der Waals surface area (Å²) in [5, 5.41) is 8.24. The third-order valence-corrected chi connectivity index (χ3v) is 2.86. The zero-order valence-electron chi connectivity index (χ0n) is 10.1. The number of carbonyl (C=O) groups excluding carboxylic acids is 1. The molecule has 0 N–H and O–H groups in total. The van der Waals surface area contributed by atoms with E-state index in [-0.39, 0.29) is 17.4 Å². The summed E-state index contributed by atoms with van der Waals surface area (Å²) in [7, 11) is 0. The van der Waals surface area contributed by atoms with Gasteiger partial charge < -0.3 is 4.90 Å². The van der Waals surface area contributed by atoms with Crippen LogP contribution in [0, 0.1) is 5.41 Å². The molecule has 5 heteroatoms. The number of carbonyl (C=O) groups is 1. The van der Waals surface area contributed by atoms with Crippen molar-refractivity contribution < 1.29 is 4.79 Å². The number of likely N-dealkylation sites (tertiary alicyclic amines) is 1. The molecule has 0 aromatic carbocycles. The summed E-state index contributed by atoms with van der Waals surface area (Å²) in [5.74, 6) is 0.210. The van der Waals surface area contributed by atoms with Crippen LogP contribution in [0.1, 0.15) is 33.2 Å². The molecule has 88 valence electrons. The van der Waals surface area contributed by atoms with Crippen molar-refractivity contribution >= 4 is 5.91 Å². The van der Waals surface area contributed by atoms with Gasteiger partial charge in [-0.3, -0.25) is 4.79 Å². The quantitative estimate of drug-likeness (QED) is 0.715. The molecule has 1 saturated heterocycles. The minimum atomic E-state index is -0.299. The lowest BCUT2D eigenvalue weighted by atomic mass is 9.95. The molecule has 1 aliphatic rings. The van der Waals surface area contributed by atoms with Crippen molar-refractivity contribution in [3.63, 3.8) is 0 Å². The molecule has 1 amide bonds. The number of hydrogen-bond donors (Lipinski definition) is 0. The van der Waals surface area contributed by atoms with Gasteiger partial charge in [0, 0.05) is 18.5 Å². The van der Waals surface area contributed by atoms with E-state index in [2.05, 4.69) is 10.2 Å². The highest BCUT2D eigenvalue weighted by molar-refractivity contribution is 5.81. The van der Waals surface area contributed by atoms with Gasteiger partial charge in [0.1, 0.15) is 0 Å². The minimum Gasteiger partial charge on any atom is -0.340 e. The van der Waals surface area contributed by atoms with E-state index in [1.165, 1.54) is 0 Å². The molecule has 1 aromatic heterocycles. The summed E-state index contributed by atoms with van der Waals surface area (Å²) >= 11 is 0. The SMILES string of the molecule is CC(C)(C)C(=O)N1CCC(n2nccn2)C1. The molecule has 0 aliphatic carbocycles. The van der Waals surface area contributed by atoms with Crippen molar-refractivity contribution in [1.82, 2.24) is 19.9 Å². The average molecular weight is 222 g/mol. The monoisotopic (exact) mass is 222 g/mol. The highest BCUT2D eigenvalue weighted by Gasteiger charge is 2.33. The molecule has 1 aliphatic heterocycles. The fraction of sp³-hybridized carbons (Fsp3) is 0.727. The van der Waals surface area contributed by atoms with Crippen molar-refractivity contribution in [2.24, 2.45) is 5.41 Å². The van der Waals surface area contributed by atoms with Gasteiger partial charge in [0.05, 0.1) is 18.4 Å². The maximum Gasteiger partial charge on any atom is 0.228 e. The van der Waals surface area contributed by atoms with Gasteiger partial charge in [-0.25, -0.2) is 0 Å². The predicted octanol–water partition coefficient (Wildman–Crippen LogP) is 1.10. The standard InChI is InChI=1S/C11H18N4O/c1-11(2,3)10(16)14-7-4-9(8-14)15-12-5-6-13-15/h5-6,9H,4,7-8H2,1-3H3. The van der Waals surface area contributed by atoms with Crippen molar-refractivity contribution in [1.29, 1.82) is 0 Å². The number of amides is 1. The average Bonchev–Trinajstić information content (AvgIpc) is 2.85. The van der Waals surface area contributed by atoms with Crippen molar-refractivity contribution in [2.45, 2.75) is 33.2 Å². The van der Waals surface area contributed by atoms with Gasteiger partial charge in [-0.05, 0) is 6.42 Å². The van der Waals surface area contributed by atoms with E-state index < -0.39 is 0 Å². The first-order chi connectivity index (χ1) is 7.48. The number of hydrogen-bond acceptors (Lipinski definition) is 3. The van der Waals surface area contributed by atoms with Gasteiger partial charge >= 0.3 is 0 Å². The summed E-state index contributed by atoms with van der Waals surface area (Å²) < 4.78 is 0. The smallest absolute Gasteiger partial charge is 0.228 e. The number of rotatable bonds is 1. The lowest BCUT2D eigenvalue weighted by Gasteiger charge is -2.25. The van der Waals surface area contributed by atoms with Crippen LogP contribution >= 0.6 is 0 Å². The lowest BCUT2D eigenvalue weighted by Crippen LogP contribution is -2.38. The first-order valence-electron chi connectivity index (χ1n) is 5.63. The van der Waals surface area contributed by atoms with E-state index in [1.54, 1.807) is 17.2 Å².